The molecule has 2 rings (SSSR count). The highest BCUT2D eigenvalue weighted by atomic mass is 16.6. The van der Waals surface area contributed by atoms with Crippen molar-refractivity contribution in [1.29, 1.82) is 0 Å². The van der Waals surface area contributed by atoms with Crippen LogP contribution in [-0.4, -0.2) is 31.0 Å². The minimum atomic E-state index is -0.647. The molecule has 0 aliphatic rings. The number of carbonyl (C=O) groups is 3. The van der Waals surface area contributed by atoms with Crippen molar-refractivity contribution in [2.75, 3.05) is 23.8 Å². The van der Waals surface area contributed by atoms with Gasteiger partial charge in [-0.1, -0.05) is 24.3 Å². The molecule has 2 aromatic carbocycles. The van der Waals surface area contributed by atoms with Crippen LogP contribution in [0.3, 0.4) is 0 Å². The highest BCUT2D eigenvalue weighted by molar-refractivity contribution is 5.94. The van der Waals surface area contributed by atoms with Crippen LogP contribution in [0.15, 0.2) is 54.6 Å². The zero-order valence-corrected chi connectivity index (χ0v) is 13.7. The molecule has 0 spiro atoms. The molecule has 130 valence electrons. The number of amides is 2. The van der Waals surface area contributed by atoms with E-state index in [1.807, 2.05) is 6.07 Å². The number of nitrogens with one attached hydrogen (secondary N) is 2. The summed E-state index contributed by atoms with van der Waals surface area (Å²) in [6.07, 6.45) is 0. The summed E-state index contributed by atoms with van der Waals surface area (Å²) < 4.78 is 10.1. The molecule has 0 heterocycles. The van der Waals surface area contributed by atoms with Gasteiger partial charge in [-0.3, -0.25) is 9.59 Å². The first-order valence-electron chi connectivity index (χ1n) is 7.54. The zero-order valence-electron chi connectivity index (χ0n) is 13.7. The maximum absolute atomic E-state index is 11.8. The van der Waals surface area contributed by atoms with E-state index in [1.165, 1.54) is 6.92 Å². The molecule has 2 amide bonds. The lowest BCUT2D eigenvalue weighted by molar-refractivity contribution is -0.149. The summed E-state index contributed by atoms with van der Waals surface area (Å²) in [6, 6.07) is 15.4. The Bertz CT molecular complexity index is 746. The Morgan fingerprint density at radius 3 is 2.24 bits per heavy atom. The van der Waals surface area contributed by atoms with Gasteiger partial charge in [0.2, 0.25) is 5.91 Å². The van der Waals surface area contributed by atoms with Crippen LogP contribution < -0.4 is 15.4 Å². The van der Waals surface area contributed by atoms with Gasteiger partial charge >= 0.3 is 5.97 Å². The first-order valence-corrected chi connectivity index (χ1v) is 7.54. The second kappa shape index (κ2) is 9.07. The lowest BCUT2D eigenvalue weighted by Crippen LogP contribution is -2.23. The van der Waals surface area contributed by atoms with E-state index < -0.39 is 18.5 Å². The summed E-state index contributed by atoms with van der Waals surface area (Å²) in [4.78, 5) is 34.4. The number of benzene rings is 2. The standard InChI is InChI=1S/C18H18N2O5/c1-13(21)19-14-6-5-7-15(10-14)20-17(22)11-25-18(23)12-24-16-8-3-2-4-9-16/h2-10H,11-12H2,1H3,(H,19,21)(H,20,22). The van der Waals surface area contributed by atoms with Crippen LogP contribution in [0.4, 0.5) is 11.4 Å². The molecule has 0 aliphatic heterocycles. The average Bonchev–Trinajstić information content (AvgIpc) is 2.59. The topological polar surface area (TPSA) is 93.7 Å². The molecule has 7 nitrogen and oxygen atoms in total. The van der Waals surface area contributed by atoms with Crippen LogP contribution in [-0.2, 0) is 19.1 Å². The third-order valence-corrected chi connectivity index (χ3v) is 2.93. The number of hydrogen-bond donors (Lipinski definition) is 2. The predicted molar refractivity (Wildman–Crippen MR) is 92.3 cm³/mol. The molecular formula is C18H18N2O5. The molecule has 0 bridgehead atoms. The van der Waals surface area contributed by atoms with Gasteiger partial charge < -0.3 is 20.1 Å². The van der Waals surface area contributed by atoms with Crippen LogP contribution in [0.5, 0.6) is 5.75 Å². The Balaban J connectivity index is 1.74. The summed E-state index contributed by atoms with van der Waals surface area (Å²) >= 11 is 0. The maximum atomic E-state index is 11.8. The van der Waals surface area contributed by atoms with Crippen molar-refractivity contribution in [3.8, 4) is 5.75 Å². The molecule has 7 heteroatoms. The molecule has 0 saturated carbocycles. The highest BCUT2D eigenvalue weighted by Gasteiger charge is 2.09. The van der Waals surface area contributed by atoms with Gasteiger partial charge in [-0.15, -0.1) is 0 Å². The fourth-order valence-corrected chi connectivity index (χ4v) is 1.92. The molecule has 0 radical (unpaired) electrons. The van der Waals surface area contributed by atoms with E-state index in [2.05, 4.69) is 10.6 Å². The van der Waals surface area contributed by atoms with Crippen molar-refractivity contribution in [3.05, 3.63) is 54.6 Å². The van der Waals surface area contributed by atoms with Crippen LogP contribution in [0.25, 0.3) is 0 Å². The number of anilines is 2. The maximum Gasteiger partial charge on any atom is 0.344 e. The predicted octanol–water partition coefficient (Wildman–Crippen LogP) is 2.21. The Morgan fingerprint density at radius 2 is 1.56 bits per heavy atom. The SMILES string of the molecule is CC(=O)Nc1cccc(NC(=O)COC(=O)COc2ccccc2)c1. The molecule has 0 fully saturated rings. The van der Waals surface area contributed by atoms with Gasteiger partial charge in [0.25, 0.3) is 5.91 Å². The lowest BCUT2D eigenvalue weighted by atomic mass is 10.2. The van der Waals surface area contributed by atoms with E-state index in [1.54, 1.807) is 48.5 Å². The summed E-state index contributed by atoms with van der Waals surface area (Å²) in [6.45, 7) is 0.679. The molecular weight excluding hydrogens is 324 g/mol. The molecule has 2 N–H and O–H groups in total. The fraction of sp³-hybridized carbons (Fsp3) is 0.167. The van der Waals surface area contributed by atoms with Gasteiger partial charge in [0, 0.05) is 18.3 Å². The Hall–Kier alpha value is -3.35. The van der Waals surface area contributed by atoms with E-state index in [9.17, 15) is 14.4 Å². The first kappa shape index (κ1) is 18.0. The third kappa shape index (κ3) is 6.74. The van der Waals surface area contributed by atoms with Crippen molar-refractivity contribution < 1.29 is 23.9 Å². The van der Waals surface area contributed by atoms with Gasteiger partial charge in [-0.25, -0.2) is 4.79 Å². The summed E-state index contributed by atoms with van der Waals surface area (Å²) in [5, 5.41) is 5.19. The van der Waals surface area contributed by atoms with Gasteiger partial charge in [0.05, 0.1) is 0 Å². The van der Waals surface area contributed by atoms with Crippen molar-refractivity contribution in [1.82, 2.24) is 0 Å². The van der Waals surface area contributed by atoms with E-state index in [-0.39, 0.29) is 12.5 Å². The van der Waals surface area contributed by atoms with E-state index in [0.717, 1.165) is 0 Å². The van der Waals surface area contributed by atoms with E-state index >= 15 is 0 Å². The average molecular weight is 342 g/mol. The zero-order chi connectivity index (χ0) is 18.1. The van der Waals surface area contributed by atoms with E-state index in [4.69, 9.17) is 9.47 Å². The Labute approximate surface area is 144 Å². The second-order valence-electron chi connectivity index (χ2n) is 5.07. The monoisotopic (exact) mass is 342 g/mol. The van der Waals surface area contributed by atoms with Crippen LogP contribution in [0.2, 0.25) is 0 Å². The van der Waals surface area contributed by atoms with Gasteiger partial charge in [0.15, 0.2) is 13.2 Å². The number of rotatable bonds is 7. The molecule has 0 atom stereocenters. The largest absolute Gasteiger partial charge is 0.482 e. The van der Waals surface area contributed by atoms with Crippen molar-refractivity contribution in [3.63, 3.8) is 0 Å². The van der Waals surface area contributed by atoms with Gasteiger partial charge in [0.1, 0.15) is 5.75 Å². The third-order valence-electron chi connectivity index (χ3n) is 2.93. The normalized spacial score (nSPS) is 9.80. The van der Waals surface area contributed by atoms with Crippen LogP contribution in [0.1, 0.15) is 6.92 Å². The smallest absolute Gasteiger partial charge is 0.344 e. The van der Waals surface area contributed by atoms with Gasteiger partial charge in [-0.2, -0.15) is 0 Å². The number of carbonyl (C=O) groups excluding carboxylic acids is 3. The summed E-state index contributed by atoms with van der Waals surface area (Å²) in [5.74, 6) is -0.812. The van der Waals surface area contributed by atoms with Crippen LogP contribution in [0, 0.1) is 0 Å². The van der Waals surface area contributed by atoms with Crippen LogP contribution >= 0.6 is 0 Å². The quantitative estimate of drug-likeness (QED) is 0.753. The molecule has 25 heavy (non-hydrogen) atoms. The molecule has 0 aliphatic carbocycles. The fourth-order valence-electron chi connectivity index (χ4n) is 1.92. The number of hydrogen-bond acceptors (Lipinski definition) is 5. The van der Waals surface area contributed by atoms with Crippen molar-refractivity contribution in [2.45, 2.75) is 6.92 Å². The number of para-hydroxylation sites is 1. The molecule has 2 aromatic rings. The molecule has 0 unspecified atom stereocenters. The second-order valence-corrected chi connectivity index (χ2v) is 5.07. The number of ether oxygens (including phenoxy) is 2. The van der Waals surface area contributed by atoms with Crippen molar-refractivity contribution >= 4 is 29.2 Å². The minimum absolute atomic E-state index is 0.212. The van der Waals surface area contributed by atoms with E-state index in [0.29, 0.717) is 17.1 Å². The van der Waals surface area contributed by atoms with Gasteiger partial charge in [-0.05, 0) is 30.3 Å². The summed E-state index contributed by atoms with van der Waals surface area (Å²) in [7, 11) is 0. The van der Waals surface area contributed by atoms with Crippen molar-refractivity contribution in [2.24, 2.45) is 0 Å². The Kier molecular flexibility index (Phi) is 6.53. The highest BCUT2D eigenvalue weighted by Crippen LogP contribution is 2.15. The minimum Gasteiger partial charge on any atom is -0.482 e. The summed E-state index contributed by atoms with van der Waals surface area (Å²) in [5.41, 5.74) is 1.03. The molecule has 0 saturated heterocycles. The first-order chi connectivity index (χ1) is 12.0. The lowest BCUT2D eigenvalue weighted by Gasteiger charge is -2.09. The Morgan fingerprint density at radius 1 is 0.880 bits per heavy atom. The molecule has 0 aromatic heterocycles. The number of esters is 1.